The maximum atomic E-state index is 11.9. The molecule has 5 nitrogen and oxygen atoms in total. The van der Waals surface area contributed by atoms with Gasteiger partial charge in [-0.15, -0.1) is 0 Å². The summed E-state index contributed by atoms with van der Waals surface area (Å²) in [6.45, 7) is 0.425. The van der Waals surface area contributed by atoms with Crippen LogP contribution in [0.25, 0.3) is 17.2 Å². The van der Waals surface area contributed by atoms with Gasteiger partial charge in [0.25, 0.3) is 0 Å². The van der Waals surface area contributed by atoms with Crippen LogP contribution in [-0.2, 0) is 11.3 Å². The van der Waals surface area contributed by atoms with Gasteiger partial charge >= 0.3 is 0 Å². The predicted molar refractivity (Wildman–Crippen MR) is 87.9 cm³/mol. The van der Waals surface area contributed by atoms with Crippen molar-refractivity contribution in [1.82, 2.24) is 10.3 Å². The van der Waals surface area contributed by atoms with Crippen LogP contribution < -0.4 is 10.1 Å². The topological polar surface area (TPSA) is 64.4 Å². The molecule has 0 spiro atoms. The smallest absolute Gasteiger partial charge is 0.244 e. The summed E-state index contributed by atoms with van der Waals surface area (Å²) in [6, 6.07) is 15.0. The number of carbonyl (C=O) groups excluding carboxylic acids is 1. The number of ether oxygens (including phenoxy) is 1. The highest BCUT2D eigenvalue weighted by Crippen LogP contribution is 2.15. The zero-order valence-corrected chi connectivity index (χ0v) is 12.7. The van der Waals surface area contributed by atoms with Gasteiger partial charge < -0.3 is 14.5 Å². The Morgan fingerprint density at radius 2 is 2.13 bits per heavy atom. The van der Waals surface area contributed by atoms with Gasteiger partial charge in [0.15, 0.2) is 5.58 Å². The minimum Gasteiger partial charge on any atom is -0.497 e. The average Bonchev–Trinajstić information content (AvgIpc) is 3.01. The van der Waals surface area contributed by atoms with Crippen LogP contribution in [0.15, 0.2) is 59.0 Å². The molecule has 116 valence electrons. The van der Waals surface area contributed by atoms with E-state index >= 15 is 0 Å². The van der Waals surface area contributed by atoms with Crippen LogP contribution >= 0.6 is 0 Å². The Labute approximate surface area is 133 Å². The second-order valence-electron chi connectivity index (χ2n) is 4.92. The van der Waals surface area contributed by atoms with Crippen molar-refractivity contribution in [3.05, 3.63) is 66.1 Å². The van der Waals surface area contributed by atoms with Crippen molar-refractivity contribution in [2.75, 3.05) is 7.11 Å². The van der Waals surface area contributed by atoms with E-state index in [0.29, 0.717) is 18.0 Å². The summed E-state index contributed by atoms with van der Waals surface area (Å²) in [4.78, 5) is 16.1. The first-order valence-electron chi connectivity index (χ1n) is 7.19. The third-order valence-corrected chi connectivity index (χ3v) is 3.29. The van der Waals surface area contributed by atoms with Crippen molar-refractivity contribution >= 4 is 23.1 Å². The lowest BCUT2D eigenvalue weighted by Gasteiger charge is -2.04. The molecule has 3 aromatic rings. The number of nitrogens with one attached hydrogen (secondary N) is 1. The van der Waals surface area contributed by atoms with Crippen molar-refractivity contribution < 1.29 is 13.9 Å². The fourth-order valence-electron chi connectivity index (χ4n) is 2.14. The molecule has 0 unspecified atom stereocenters. The number of para-hydroxylation sites is 2. The number of carbonyl (C=O) groups is 1. The molecule has 1 aromatic heterocycles. The van der Waals surface area contributed by atoms with E-state index in [1.807, 2.05) is 48.5 Å². The quantitative estimate of drug-likeness (QED) is 0.735. The number of oxazole rings is 1. The summed E-state index contributed by atoms with van der Waals surface area (Å²) in [5.41, 5.74) is 2.43. The number of fused-ring (bicyclic) bond motifs is 1. The maximum Gasteiger partial charge on any atom is 0.244 e. The molecule has 5 heteroatoms. The number of methoxy groups -OCH3 is 1. The molecule has 0 radical (unpaired) electrons. The first-order chi connectivity index (χ1) is 11.2. The van der Waals surface area contributed by atoms with E-state index in [-0.39, 0.29) is 5.91 Å². The van der Waals surface area contributed by atoms with Crippen molar-refractivity contribution in [3.63, 3.8) is 0 Å². The number of benzene rings is 2. The lowest BCUT2D eigenvalue weighted by Crippen LogP contribution is -2.20. The second-order valence-corrected chi connectivity index (χ2v) is 4.92. The SMILES string of the molecule is COc1cccc(CNC(=O)C=Cc2nc3ccccc3o2)c1. The summed E-state index contributed by atoms with van der Waals surface area (Å²) in [6.07, 6.45) is 2.96. The van der Waals surface area contributed by atoms with Gasteiger partial charge in [-0.3, -0.25) is 4.79 Å². The number of nitrogens with zero attached hydrogens (tertiary/aromatic N) is 1. The monoisotopic (exact) mass is 308 g/mol. The van der Waals surface area contributed by atoms with Gasteiger partial charge in [-0.2, -0.15) is 0 Å². The van der Waals surface area contributed by atoms with Gasteiger partial charge in [0.1, 0.15) is 11.3 Å². The second kappa shape index (κ2) is 6.79. The van der Waals surface area contributed by atoms with Gasteiger partial charge in [-0.1, -0.05) is 24.3 Å². The van der Waals surface area contributed by atoms with Gasteiger partial charge in [0.2, 0.25) is 11.8 Å². The van der Waals surface area contributed by atoms with Crippen molar-refractivity contribution in [2.24, 2.45) is 0 Å². The fraction of sp³-hybridized carbons (Fsp3) is 0.111. The molecule has 0 saturated heterocycles. The minimum atomic E-state index is -0.213. The van der Waals surface area contributed by atoms with Crippen LogP contribution in [0.5, 0.6) is 5.75 Å². The predicted octanol–water partition coefficient (Wildman–Crippen LogP) is 3.17. The number of hydrogen-bond acceptors (Lipinski definition) is 4. The molecule has 0 aliphatic carbocycles. The summed E-state index contributed by atoms with van der Waals surface area (Å²) >= 11 is 0. The fourth-order valence-corrected chi connectivity index (χ4v) is 2.14. The standard InChI is InChI=1S/C18H16N2O3/c1-22-14-6-4-5-13(11-14)12-19-17(21)9-10-18-20-15-7-2-3-8-16(15)23-18/h2-11H,12H2,1H3,(H,19,21). The molecule has 0 aliphatic rings. The molecule has 0 bridgehead atoms. The van der Waals surface area contributed by atoms with Crippen molar-refractivity contribution in [1.29, 1.82) is 0 Å². The zero-order chi connectivity index (χ0) is 16.1. The Balaban J connectivity index is 1.60. The molecule has 1 N–H and O–H groups in total. The molecule has 0 saturated carbocycles. The molecular weight excluding hydrogens is 292 g/mol. The largest absolute Gasteiger partial charge is 0.497 e. The highest BCUT2D eigenvalue weighted by Gasteiger charge is 2.03. The van der Waals surface area contributed by atoms with Crippen LogP contribution in [-0.4, -0.2) is 18.0 Å². The Bertz CT molecular complexity index is 819. The molecule has 3 rings (SSSR count). The van der Waals surface area contributed by atoms with E-state index in [1.54, 1.807) is 13.2 Å². The van der Waals surface area contributed by atoms with Crippen LogP contribution in [0.1, 0.15) is 11.5 Å². The number of rotatable bonds is 5. The Morgan fingerprint density at radius 1 is 1.26 bits per heavy atom. The van der Waals surface area contributed by atoms with E-state index in [4.69, 9.17) is 9.15 Å². The van der Waals surface area contributed by atoms with Crippen LogP contribution in [0.4, 0.5) is 0 Å². The zero-order valence-electron chi connectivity index (χ0n) is 12.7. The van der Waals surface area contributed by atoms with Crippen molar-refractivity contribution in [3.8, 4) is 5.75 Å². The number of aromatic nitrogens is 1. The van der Waals surface area contributed by atoms with Crippen molar-refractivity contribution in [2.45, 2.75) is 6.54 Å². The normalized spacial score (nSPS) is 11.0. The first kappa shape index (κ1) is 14.8. The molecule has 0 atom stereocenters. The van der Waals surface area contributed by atoms with Gasteiger partial charge in [-0.05, 0) is 29.8 Å². The molecule has 23 heavy (non-hydrogen) atoms. The molecule has 1 amide bonds. The van der Waals surface area contributed by atoms with Crippen LogP contribution in [0, 0.1) is 0 Å². The molecule has 0 fully saturated rings. The number of hydrogen-bond donors (Lipinski definition) is 1. The lowest BCUT2D eigenvalue weighted by molar-refractivity contribution is -0.116. The first-order valence-corrected chi connectivity index (χ1v) is 7.19. The Hall–Kier alpha value is -3.08. The highest BCUT2D eigenvalue weighted by molar-refractivity contribution is 5.91. The Kier molecular flexibility index (Phi) is 4.38. The summed E-state index contributed by atoms with van der Waals surface area (Å²) in [5, 5.41) is 2.80. The van der Waals surface area contributed by atoms with Gasteiger partial charge in [-0.25, -0.2) is 4.98 Å². The van der Waals surface area contributed by atoms with Crippen LogP contribution in [0.2, 0.25) is 0 Å². The van der Waals surface area contributed by atoms with E-state index in [0.717, 1.165) is 16.8 Å². The lowest BCUT2D eigenvalue weighted by atomic mass is 10.2. The van der Waals surface area contributed by atoms with Gasteiger partial charge in [0, 0.05) is 18.7 Å². The van der Waals surface area contributed by atoms with E-state index < -0.39 is 0 Å². The van der Waals surface area contributed by atoms with Gasteiger partial charge in [0.05, 0.1) is 7.11 Å². The Morgan fingerprint density at radius 3 is 2.96 bits per heavy atom. The third kappa shape index (κ3) is 3.77. The summed E-state index contributed by atoms with van der Waals surface area (Å²) in [5.74, 6) is 0.955. The minimum absolute atomic E-state index is 0.213. The molecule has 0 aliphatic heterocycles. The van der Waals surface area contributed by atoms with E-state index in [1.165, 1.54) is 6.08 Å². The highest BCUT2D eigenvalue weighted by atomic mass is 16.5. The maximum absolute atomic E-state index is 11.9. The van der Waals surface area contributed by atoms with E-state index in [9.17, 15) is 4.79 Å². The number of amides is 1. The third-order valence-electron chi connectivity index (χ3n) is 3.29. The molecule has 2 aromatic carbocycles. The summed E-state index contributed by atoms with van der Waals surface area (Å²) in [7, 11) is 1.61. The van der Waals surface area contributed by atoms with Crippen LogP contribution in [0.3, 0.4) is 0 Å². The molecular formula is C18H16N2O3. The molecule has 1 heterocycles. The van der Waals surface area contributed by atoms with E-state index in [2.05, 4.69) is 10.3 Å². The average molecular weight is 308 g/mol. The summed E-state index contributed by atoms with van der Waals surface area (Å²) < 4.78 is 10.7.